The normalized spacial score (nSPS) is 12.3. The number of nitrogens with zero attached hydrogens (tertiary/aromatic N) is 4. The van der Waals surface area contributed by atoms with Gasteiger partial charge in [-0.15, -0.1) is 0 Å². The van der Waals surface area contributed by atoms with Crippen LogP contribution in [0.4, 0.5) is 5.82 Å². The van der Waals surface area contributed by atoms with Crippen LogP contribution in [-0.4, -0.2) is 31.7 Å². The van der Waals surface area contributed by atoms with Gasteiger partial charge >= 0.3 is 5.97 Å². The van der Waals surface area contributed by atoms with Crippen molar-refractivity contribution in [2.75, 3.05) is 12.3 Å². The zero-order valence-corrected chi connectivity index (χ0v) is 11.0. The quantitative estimate of drug-likeness (QED) is 0.816. The fraction of sp³-hybridized carbons (Fsp3) is 0.417. The highest BCUT2D eigenvalue weighted by molar-refractivity contribution is 5.92. The molecule has 0 radical (unpaired) electrons. The van der Waals surface area contributed by atoms with E-state index in [-0.39, 0.29) is 11.7 Å². The van der Waals surface area contributed by atoms with Gasteiger partial charge in [-0.2, -0.15) is 0 Å². The molecule has 0 amide bonds. The van der Waals surface area contributed by atoms with Crippen molar-refractivity contribution in [1.29, 1.82) is 0 Å². The molecule has 2 aromatic heterocycles. The number of nitrogens with two attached hydrogens (primary N) is 1. The van der Waals surface area contributed by atoms with E-state index in [1.807, 2.05) is 17.7 Å². The lowest BCUT2D eigenvalue weighted by molar-refractivity contribution is 0.0521. The number of carbonyl (C=O) groups is 1. The van der Waals surface area contributed by atoms with Crippen LogP contribution in [0.15, 0.2) is 25.0 Å². The van der Waals surface area contributed by atoms with E-state index in [4.69, 9.17) is 10.5 Å². The Hall–Kier alpha value is -2.31. The maximum Gasteiger partial charge on any atom is 0.360 e. The average Bonchev–Trinajstić information content (AvgIpc) is 2.98. The predicted octanol–water partition coefficient (Wildman–Crippen LogP) is 1.10. The highest BCUT2D eigenvalue weighted by Crippen LogP contribution is 2.18. The third kappa shape index (κ3) is 2.75. The number of hydrogen-bond acceptors (Lipinski definition) is 5. The van der Waals surface area contributed by atoms with E-state index in [0.717, 1.165) is 0 Å². The van der Waals surface area contributed by atoms with E-state index in [0.29, 0.717) is 19.0 Å². The summed E-state index contributed by atoms with van der Waals surface area (Å²) in [6, 6.07) is 0.0601. The van der Waals surface area contributed by atoms with E-state index >= 15 is 0 Å². The van der Waals surface area contributed by atoms with Crippen LogP contribution in [0.1, 0.15) is 30.4 Å². The first-order valence-corrected chi connectivity index (χ1v) is 6.08. The van der Waals surface area contributed by atoms with Gasteiger partial charge in [-0.25, -0.2) is 14.8 Å². The monoisotopic (exact) mass is 263 g/mol. The molecule has 0 saturated heterocycles. The Kier molecular flexibility index (Phi) is 3.84. The molecule has 0 spiro atoms. The molecule has 2 heterocycles. The number of nitrogen functional groups attached to an aromatic ring is 1. The van der Waals surface area contributed by atoms with Gasteiger partial charge in [0.25, 0.3) is 0 Å². The van der Waals surface area contributed by atoms with Crippen molar-refractivity contribution in [3.63, 3.8) is 0 Å². The van der Waals surface area contributed by atoms with Gasteiger partial charge in [0.05, 0.1) is 25.3 Å². The smallest absolute Gasteiger partial charge is 0.360 e. The standard InChI is InChI=1S/C12H17N5O2/c1-3-19-12(18)10-11(13)17(8-15-10)9(2)6-16-5-4-14-7-16/h4-5,7-9H,3,6,13H2,1-2H3. The van der Waals surface area contributed by atoms with E-state index in [9.17, 15) is 4.79 Å². The number of anilines is 1. The SMILES string of the molecule is CCOC(=O)c1ncn(C(C)Cn2ccnc2)c1N. The molecule has 19 heavy (non-hydrogen) atoms. The van der Waals surface area contributed by atoms with Crippen LogP contribution < -0.4 is 5.73 Å². The number of aromatic nitrogens is 4. The molecule has 7 nitrogen and oxygen atoms in total. The molecular weight excluding hydrogens is 246 g/mol. The third-order valence-electron chi connectivity index (χ3n) is 2.81. The highest BCUT2D eigenvalue weighted by atomic mass is 16.5. The van der Waals surface area contributed by atoms with Crippen LogP contribution >= 0.6 is 0 Å². The zero-order chi connectivity index (χ0) is 13.8. The van der Waals surface area contributed by atoms with Gasteiger partial charge in [-0.05, 0) is 13.8 Å². The molecular formula is C12H17N5O2. The first kappa shape index (κ1) is 13.1. The maximum absolute atomic E-state index is 11.6. The lowest BCUT2D eigenvalue weighted by atomic mass is 10.3. The maximum atomic E-state index is 11.6. The molecule has 0 saturated carbocycles. The van der Waals surface area contributed by atoms with Crippen LogP contribution in [0.3, 0.4) is 0 Å². The summed E-state index contributed by atoms with van der Waals surface area (Å²) in [5, 5.41) is 0. The second-order valence-electron chi connectivity index (χ2n) is 4.21. The largest absolute Gasteiger partial charge is 0.461 e. The number of imidazole rings is 2. The molecule has 2 aromatic rings. The molecule has 1 atom stereocenters. The average molecular weight is 263 g/mol. The summed E-state index contributed by atoms with van der Waals surface area (Å²) >= 11 is 0. The molecule has 0 aliphatic carbocycles. The minimum atomic E-state index is -0.492. The van der Waals surface area contributed by atoms with Crippen molar-refractivity contribution in [3.8, 4) is 0 Å². The molecule has 2 N–H and O–H groups in total. The van der Waals surface area contributed by atoms with Crippen LogP contribution in [0.5, 0.6) is 0 Å². The summed E-state index contributed by atoms with van der Waals surface area (Å²) in [6.07, 6.45) is 6.88. The van der Waals surface area contributed by atoms with Crippen molar-refractivity contribution < 1.29 is 9.53 Å². The van der Waals surface area contributed by atoms with Crippen molar-refractivity contribution in [2.45, 2.75) is 26.4 Å². The summed E-state index contributed by atoms with van der Waals surface area (Å²) in [5.74, 6) is -0.167. The lowest BCUT2D eigenvalue weighted by Gasteiger charge is -2.15. The third-order valence-corrected chi connectivity index (χ3v) is 2.81. The van der Waals surface area contributed by atoms with Crippen molar-refractivity contribution in [3.05, 3.63) is 30.7 Å². The van der Waals surface area contributed by atoms with E-state index < -0.39 is 5.97 Å². The van der Waals surface area contributed by atoms with Gasteiger partial charge in [0.1, 0.15) is 5.82 Å². The van der Waals surface area contributed by atoms with Crippen molar-refractivity contribution in [2.24, 2.45) is 0 Å². The molecule has 2 rings (SSSR count). The number of esters is 1. The molecule has 7 heteroatoms. The Morgan fingerprint density at radius 2 is 2.32 bits per heavy atom. The van der Waals surface area contributed by atoms with Gasteiger partial charge in [0.15, 0.2) is 5.69 Å². The minimum Gasteiger partial charge on any atom is -0.461 e. The van der Waals surface area contributed by atoms with Gasteiger partial charge in [-0.3, -0.25) is 0 Å². The van der Waals surface area contributed by atoms with Gasteiger partial charge in [-0.1, -0.05) is 0 Å². The van der Waals surface area contributed by atoms with Gasteiger partial charge < -0.3 is 19.6 Å². The van der Waals surface area contributed by atoms with Crippen LogP contribution in [0.25, 0.3) is 0 Å². The molecule has 0 fully saturated rings. The molecule has 102 valence electrons. The Balaban J connectivity index is 2.14. The molecule has 0 aliphatic heterocycles. The molecule has 0 bridgehead atoms. The second kappa shape index (κ2) is 5.55. The van der Waals surface area contributed by atoms with Crippen molar-refractivity contribution in [1.82, 2.24) is 19.1 Å². The fourth-order valence-corrected chi connectivity index (χ4v) is 1.87. The minimum absolute atomic E-state index is 0.0601. The molecule has 0 aliphatic rings. The second-order valence-corrected chi connectivity index (χ2v) is 4.21. The Morgan fingerprint density at radius 3 is 2.95 bits per heavy atom. The Morgan fingerprint density at radius 1 is 1.53 bits per heavy atom. The Bertz CT molecular complexity index is 546. The summed E-state index contributed by atoms with van der Waals surface area (Å²) in [4.78, 5) is 19.6. The number of carbonyl (C=O) groups excluding carboxylic acids is 1. The van der Waals surface area contributed by atoms with Crippen molar-refractivity contribution >= 4 is 11.8 Å². The Labute approximate surface area is 111 Å². The van der Waals surface area contributed by atoms with Crippen LogP contribution in [-0.2, 0) is 11.3 Å². The number of rotatable bonds is 5. The van der Waals surface area contributed by atoms with Gasteiger partial charge in [0.2, 0.25) is 0 Å². The predicted molar refractivity (Wildman–Crippen MR) is 69.5 cm³/mol. The topological polar surface area (TPSA) is 88.0 Å². The number of hydrogen-bond donors (Lipinski definition) is 1. The summed E-state index contributed by atoms with van der Waals surface area (Å²) < 4.78 is 8.59. The van der Waals surface area contributed by atoms with E-state index in [1.54, 1.807) is 30.3 Å². The van der Waals surface area contributed by atoms with Gasteiger partial charge in [0, 0.05) is 18.9 Å². The first-order chi connectivity index (χ1) is 9.13. The summed E-state index contributed by atoms with van der Waals surface area (Å²) in [5.41, 5.74) is 6.11. The lowest BCUT2D eigenvalue weighted by Crippen LogP contribution is -2.15. The van der Waals surface area contributed by atoms with E-state index in [1.165, 1.54) is 0 Å². The molecule has 0 aromatic carbocycles. The summed E-state index contributed by atoms with van der Waals surface area (Å²) in [7, 11) is 0. The zero-order valence-electron chi connectivity index (χ0n) is 11.0. The van der Waals surface area contributed by atoms with E-state index in [2.05, 4.69) is 9.97 Å². The summed E-state index contributed by atoms with van der Waals surface area (Å²) in [6.45, 7) is 4.73. The first-order valence-electron chi connectivity index (χ1n) is 6.08. The number of ether oxygens (including phenoxy) is 1. The highest BCUT2D eigenvalue weighted by Gasteiger charge is 2.19. The molecule has 1 unspecified atom stereocenters. The van der Waals surface area contributed by atoms with Crippen LogP contribution in [0, 0.1) is 0 Å². The fourth-order valence-electron chi connectivity index (χ4n) is 1.87. The van der Waals surface area contributed by atoms with Crippen LogP contribution in [0.2, 0.25) is 0 Å².